The number of halogens is 2. The molecule has 0 aromatic heterocycles. The fourth-order valence-electron chi connectivity index (χ4n) is 1.80. The van der Waals surface area contributed by atoms with Crippen molar-refractivity contribution in [2.24, 2.45) is 0 Å². The second kappa shape index (κ2) is 8.62. The largest absolute Gasteiger partial charge is 0.484 e. The lowest BCUT2D eigenvalue weighted by molar-refractivity contribution is -0.131. The van der Waals surface area contributed by atoms with E-state index in [9.17, 15) is 18.4 Å². The van der Waals surface area contributed by atoms with Gasteiger partial charge in [-0.05, 0) is 36.8 Å². The molecule has 6 nitrogen and oxygen atoms in total. The predicted octanol–water partition coefficient (Wildman–Crippen LogP) is 1.88. The molecular formula is C17H16F2N2O4. The molecule has 2 amide bonds. The number of hydrazine groups is 1. The Hall–Kier alpha value is -3.16. The van der Waals surface area contributed by atoms with Crippen molar-refractivity contribution in [2.75, 3.05) is 13.2 Å². The third-order valence-corrected chi connectivity index (χ3v) is 2.95. The molecule has 0 fully saturated rings. The summed E-state index contributed by atoms with van der Waals surface area (Å²) in [5, 5.41) is 0. The zero-order valence-corrected chi connectivity index (χ0v) is 13.3. The third kappa shape index (κ3) is 6.09. The van der Waals surface area contributed by atoms with Crippen LogP contribution in [0.15, 0.2) is 42.5 Å². The monoisotopic (exact) mass is 350 g/mol. The molecule has 2 rings (SSSR count). The predicted molar refractivity (Wildman–Crippen MR) is 84.8 cm³/mol. The van der Waals surface area contributed by atoms with Crippen LogP contribution in [0.4, 0.5) is 8.78 Å². The molecule has 0 radical (unpaired) electrons. The Morgan fingerprint density at radius 1 is 0.960 bits per heavy atom. The van der Waals surface area contributed by atoms with Gasteiger partial charge in [0.1, 0.15) is 11.6 Å². The number of carbonyl (C=O) groups is 2. The summed E-state index contributed by atoms with van der Waals surface area (Å²) in [5.74, 6) is -2.73. The minimum atomic E-state index is -0.927. The lowest BCUT2D eigenvalue weighted by Crippen LogP contribution is -2.45. The van der Waals surface area contributed by atoms with Crippen LogP contribution < -0.4 is 20.3 Å². The molecule has 0 heterocycles. The molecule has 0 spiro atoms. The molecule has 0 saturated carbocycles. The topological polar surface area (TPSA) is 76.7 Å². The van der Waals surface area contributed by atoms with Crippen LogP contribution in [0.2, 0.25) is 0 Å². The highest BCUT2D eigenvalue weighted by atomic mass is 19.1. The summed E-state index contributed by atoms with van der Waals surface area (Å²) in [4.78, 5) is 23.1. The Labute approximate surface area is 142 Å². The van der Waals surface area contributed by atoms with E-state index in [1.54, 1.807) is 18.2 Å². The quantitative estimate of drug-likeness (QED) is 0.780. The van der Waals surface area contributed by atoms with Crippen molar-refractivity contribution in [3.05, 3.63) is 59.7 Å². The maximum atomic E-state index is 13.3. The number of hydrogen-bond donors (Lipinski definition) is 2. The van der Waals surface area contributed by atoms with E-state index in [0.717, 1.165) is 17.7 Å². The molecule has 0 aliphatic heterocycles. The standard InChI is InChI=1S/C17H16F2N2O4/c1-11-3-2-4-13(7-11)24-9-16(22)20-21-17(23)10-25-15-6-5-12(18)8-14(15)19/h2-8H,9-10H2,1H3,(H,20,22)(H,21,23). The summed E-state index contributed by atoms with van der Waals surface area (Å²) in [6, 6.07) is 9.83. The van der Waals surface area contributed by atoms with E-state index >= 15 is 0 Å². The molecule has 0 atom stereocenters. The van der Waals surface area contributed by atoms with E-state index in [0.29, 0.717) is 11.8 Å². The van der Waals surface area contributed by atoms with Gasteiger partial charge >= 0.3 is 0 Å². The summed E-state index contributed by atoms with van der Waals surface area (Å²) in [7, 11) is 0. The lowest BCUT2D eigenvalue weighted by atomic mass is 10.2. The number of rotatable bonds is 6. The van der Waals surface area contributed by atoms with E-state index in [4.69, 9.17) is 9.47 Å². The highest BCUT2D eigenvalue weighted by Gasteiger charge is 2.09. The summed E-state index contributed by atoms with van der Waals surface area (Å²) < 4.78 is 36.2. The fourth-order valence-corrected chi connectivity index (χ4v) is 1.80. The van der Waals surface area contributed by atoms with E-state index in [-0.39, 0.29) is 12.4 Å². The van der Waals surface area contributed by atoms with Gasteiger partial charge in [-0.3, -0.25) is 20.4 Å². The van der Waals surface area contributed by atoms with Gasteiger partial charge in [-0.25, -0.2) is 8.78 Å². The van der Waals surface area contributed by atoms with Gasteiger partial charge < -0.3 is 9.47 Å². The first-order valence-corrected chi connectivity index (χ1v) is 7.29. The Kier molecular flexibility index (Phi) is 6.27. The highest BCUT2D eigenvalue weighted by molar-refractivity contribution is 5.83. The summed E-state index contributed by atoms with van der Waals surface area (Å²) in [6.07, 6.45) is 0. The second-order valence-electron chi connectivity index (χ2n) is 5.06. The van der Waals surface area contributed by atoms with Crippen LogP contribution >= 0.6 is 0 Å². The summed E-state index contributed by atoms with van der Waals surface area (Å²) in [6.45, 7) is 1.04. The van der Waals surface area contributed by atoms with Gasteiger partial charge in [0, 0.05) is 6.07 Å². The number of aryl methyl sites for hydroxylation is 1. The minimum Gasteiger partial charge on any atom is -0.484 e. The average Bonchev–Trinajstić information content (AvgIpc) is 2.57. The van der Waals surface area contributed by atoms with Crippen molar-refractivity contribution >= 4 is 11.8 Å². The van der Waals surface area contributed by atoms with Crippen LogP contribution in [0, 0.1) is 18.6 Å². The normalized spacial score (nSPS) is 10.0. The average molecular weight is 350 g/mol. The van der Waals surface area contributed by atoms with E-state index in [1.165, 1.54) is 0 Å². The summed E-state index contributed by atoms with van der Waals surface area (Å²) in [5.41, 5.74) is 5.20. The first-order valence-electron chi connectivity index (χ1n) is 7.29. The first-order chi connectivity index (χ1) is 11.9. The van der Waals surface area contributed by atoms with Crippen molar-refractivity contribution in [3.63, 3.8) is 0 Å². The van der Waals surface area contributed by atoms with Crippen molar-refractivity contribution < 1.29 is 27.8 Å². The van der Waals surface area contributed by atoms with Gasteiger partial charge in [-0.2, -0.15) is 0 Å². The maximum Gasteiger partial charge on any atom is 0.276 e. The molecule has 132 valence electrons. The number of hydrogen-bond acceptors (Lipinski definition) is 4. The smallest absolute Gasteiger partial charge is 0.276 e. The zero-order valence-electron chi connectivity index (χ0n) is 13.3. The van der Waals surface area contributed by atoms with Crippen molar-refractivity contribution in [3.8, 4) is 11.5 Å². The highest BCUT2D eigenvalue weighted by Crippen LogP contribution is 2.17. The Bertz CT molecular complexity index is 768. The Morgan fingerprint density at radius 3 is 2.28 bits per heavy atom. The van der Waals surface area contributed by atoms with Crippen molar-refractivity contribution in [1.29, 1.82) is 0 Å². The van der Waals surface area contributed by atoms with Crippen molar-refractivity contribution in [1.82, 2.24) is 10.9 Å². The molecule has 0 aliphatic rings. The fraction of sp³-hybridized carbons (Fsp3) is 0.176. The van der Waals surface area contributed by atoms with Crippen LogP contribution in [-0.2, 0) is 9.59 Å². The number of ether oxygens (including phenoxy) is 2. The molecule has 0 aliphatic carbocycles. The maximum absolute atomic E-state index is 13.3. The van der Waals surface area contributed by atoms with Crippen molar-refractivity contribution in [2.45, 2.75) is 6.92 Å². The molecule has 0 bridgehead atoms. The number of benzene rings is 2. The summed E-state index contributed by atoms with van der Waals surface area (Å²) >= 11 is 0. The molecule has 25 heavy (non-hydrogen) atoms. The van der Waals surface area contributed by atoms with Crippen LogP contribution in [-0.4, -0.2) is 25.0 Å². The van der Waals surface area contributed by atoms with E-state index < -0.39 is 30.1 Å². The van der Waals surface area contributed by atoms with Gasteiger partial charge in [0.05, 0.1) is 0 Å². The number of nitrogens with one attached hydrogen (secondary N) is 2. The van der Waals surface area contributed by atoms with Gasteiger partial charge in [0.15, 0.2) is 24.8 Å². The third-order valence-electron chi connectivity index (χ3n) is 2.95. The van der Waals surface area contributed by atoms with Gasteiger partial charge in [-0.1, -0.05) is 12.1 Å². The second-order valence-corrected chi connectivity index (χ2v) is 5.06. The molecule has 8 heteroatoms. The molecule has 2 aromatic carbocycles. The van der Waals surface area contributed by atoms with E-state index in [1.807, 2.05) is 13.0 Å². The lowest BCUT2D eigenvalue weighted by Gasteiger charge is -2.10. The molecule has 2 N–H and O–H groups in total. The van der Waals surface area contributed by atoms with Gasteiger partial charge in [0.25, 0.3) is 11.8 Å². The SMILES string of the molecule is Cc1cccc(OCC(=O)NNC(=O)COc2ccc(F)cc2F)c1. The molecule has 0 saturated heterocycles. The molecule has 0 unspecified atom stereocenters. The number of carbonyl (C=O) groups excluding carboxylic acids is 2. The Morgan fingerprint density at radius 2 is 1.64 bits per heavy atom. The van der Waals surface area contributed by atoms with Gasteiger partial charge in [-0.15, -0.1) is 0 Å². The number of amides is 2. The van der Waals surface area contributed by atoms with E-state index in [2.05, 4.69) is 10.9 Å². The van der Waals surface area contributed by atoms with Crippen LogP contribution in [0.5, 0.6) is 11.5 Å². The van der Waals surface area contributed by atoms with Crippen LogP contribution in [0.1, 0.15) is 5.56 Å². The Balaban J connectivity index is 1.69. The minimum absolute atomic E-state index is 0.273. The molecule has 2 aromatic rings. The van der Waals surface area contributed by atoms with Gasteiger partial charge in [0.2, 0.25) is 0 Å². The zero-order chi connectivity index (χ0) is 18.2. The van der Waals surface area contributed by atoms with Crippen LogP contribution in [0.25, 0.3) is 0 Å². The molecular weight excluding hydrogens is 334 g/mol. The van der Waals surface area contributed by atoms with Crippen LogP contribution in [0.3, 0.4) is 0 Å². The first kappa shape index (κ1) is 18.2.